The molecule has 0 unspecified atom stereocenters. The van der Waals surface area contributed by atoms with E-state index in [2.05, 4.69) is 0 Å². The van der Waals surface area contributed by atoms with Crippen LogP contribution in [0.3, 0.4) is 0 Å². The fraction of sp³-hybridized carbons (Fsp3) is 0.0667. The number of phenolic OH excluding ortho intramolecular Hbond substituents is 1. The second-order valence-corrected chi connectivity index (χ2v) is 3.77. The molecule has 0 fully saturated rings. The van der Waals surface area contributed by atoms with Gasteiger partial charge in [0.1, 0.15) is 17.3 Å². The zero-order valence-electron chi connectivity index (χ0n) is 9.63. The molecule has 0 spiro atoms. The molecule has 2 aromatic carbocycles. The average Bonchev–Trinajstić information content (AvgIpc) is 2.30. The van der Waals surface area contributed by atoms with Gasteiger partial charge in [-0.3, -0.25) is 0 Å². The van der Waals surface area contributed by atoms with Gasteiger partial charge >= 0.3 is 0 Å². The smallest absolute Gasteiger partial charge is 0.130 e. The van der Waals surface area contributed by atoms with Gasteiger partial charge in [-0.25, -0.2) is 0 Å². The highest BCUT2D eigenvalue weighted by Gasteiger charge is 1.97. The first-order valence-electron chi connectivity index (χ1n) is 5.44. The van der Waals surface area contributed by atoms with Crippen LogP contribution in [-0.2, 0) is 0 Å². The first kappa shape index (κ1) is 11.3. The number of aromatic hydroxyl groups is 1. The second kappa shape index (κ2) is 5.21. The Morgan fingerprint density at radius 3 is 2.53 bits per heavy atom. The summed E-state index contributed by atoms with van der Waals surface area (Å²) in [5.74, 6) is 1.62. The van der Waals surface area contributed by atoms with Crippen molar-refractivity contribution < 1.29 is 9.84 Å². The molecule has 2 aromatic rings. The Hall–Kier alpha value is -2.22. The van der Waals surface area contributed by atoms with Crippen LogP contribution in [0.15, 0.2) is 60.4 Å². The summed E-state index contributed by atoms with van der Waals surface area (Å²) >= 11 is 0. The maximum Gasteiger partial charge on any atom is 0.130 e. The van der Waals surface area contributed by atoms with Gasteiger partial charge in [0, 0.05) is 6.07 Å². The van der Waals surface area contributed by atoms with Crippen molar-refractivity contribution in [2.45, 2.75) is 6.92 Å². The Morgan fingerprint density at radius 2 is 1.82 bits per heavy atom. The molecule has 0 atom stereocenters. The lowest BCUT2D eigenvalue weighted by atomic mass is 10.2. The summed E-state index contributed by atoms with van der Waals surface area (Å²) in [6.07, 6.45) is 1.95. The van der Waals surface area contributed by atoms with Crippen LogP contribution in [0.2, 0.25) is 0 Å². The van der Waals surface area contributed by atoms with E-state index in [0.717, 1.165) is 11.3 Å². The Labute approximate surface area is 101 Å². The topological polar surface area (TPSA) is 29.5 Å². The van der Waals surface area contributed by atoms with Crippen molar-refractivity contribution in [2.24, 2.45) is 0 Å². The third-order valence-corrected chi connectivity index (χ3v) is 2.27. The van der Waals surface area contributed by atoms with Crippen LogP contribution in [0.25, 0.3) is 6.08 Å². The van der Waals surface area contributed by atoms with Crippen LogP contribution in [0.1, 0.15) is 12.5 Å². The molecule has 0 amide bonds. The van der Waals surface area contributed by atoms with Crippen LogP contribution in [0, 0.1) is 0 Å². The predicted molar refractivity (Wildman–Crippen MR) is 68.8 cm³/mol. The van der Waals surface area contributed by atoms with Crippen LogP contribution in [0.4, 0.5) is 0 Å². The summed E-state index contributed by atoms with van der Waals surface area (Å²) in [5, 5.41) is 9.32. The van der Waals surface area contributed by atoms with Gasteiger partial charge in [0.25, 0.3) is 0 Å². The first-order valence-corrected chi connectivity index (χ1v) is 5.44. The average molecular weight is 226 g/mol. The van der Waals surface area contributed by atoms with Gasteiger partial charge in [0.05, 0.1) is 0 Å². The largest absolute Gasteiger partial charge is 0.508 e. The fourth-order valence-electron chi connectivity index (χ4n) is 1.55. The highest BCUT2D eigenvalue weighted by Crippen LogP contribution is 2.20. The fourth-order valence-corrected chi connectivity index (χ4v) is 1.55. The van der Waals surface area contributed by atoms with E-state index >= 15 is 0 Å². The zero-order chi connectivity index (χ0) is 12.1. The van der Waals surface area contributed by atoms with Crippen molar-refractivity contribution >= 4 is 6.08 Å². The number of allylic oxidation sites excluding steroid dienone is 1. The quantitative estimate of drug-likeness (QED) is 0.806. The minimum absolute atomic E-state index is 0.204. The minimum atomic E-state index is 0.204. The third-order valence-electron chi connectivity index (χ3n) is 2.27. The van der Waals surface area contributed by atoms with Crippen molar-refractivity contribution in [3.63, 3.8) is 0 Å². The van der Waals surface area contributed by atoms with Gasteiger partial charge < -0.3 is 9.84 Å². The molecule has 17 heavy (non-hydrogen) atoms. The Kier molecular flexibility index (Phi) is 3.46. The number of phenols is 1. The van der Waals surface area contributed by atoms with E-state index in [-0.39, 0.29) is 5.75 Å². The molecule has 2 heteroatoms. The van der Waals surface area contributed by atoms with Gasteiger partial charge in [-0.1, -0.05) is 36.4 Å². The molecule has 0 radical (unpaired) electrons. The van der Waals surface area contributed by atoms with E-state index in [1.54, 1.807) is 18.2 Å². The second-order valence-electron chi connectivity index (χ2n) is 3.77. The summed E-state index contributed by atoms with van der Waals surface area (Å²) in [6, 6.07) is 16.7. The van der Waals surface area contributed by atoms with Crippen LogP contribution in [-0.4, -0.2) is 5.11 Å². The number of hydrogen-bond donors (Lipinski definition) is 1. The van der Waals surface area contributed by atoms with Gasteiger partial charge in [-0.2, -0.15) is 0 Å². The van der Waals surface area contributed by atoms with E-state index in [1.165, 1.54) is 0 Å². The minimum Gasteiger partial charge on any atom is -0.508 e. The van der Waals surface area contributed by atoms with Gasteiger partial charge in [-0.15, -0.1) is 0 Å². The number of rotatable bonds is 3. The number of hydrogen-bond acceptors (Lipinski definition) is 2. The van der Waals surface area contributed by atoms with Crippen LogP contribution in [0.5, 0.6) is 11.5 Å². The van der Waals surface area contributed by atoms with Crippen molar-refractivity contribution in [2.75, 3.05) is 0 Å². The number of ether oxygens (including phenoxy) is 1. The molecule has 86 valence electrons. The summed E-state index contributed by atoms with van der Waals surface area (Å²) in [6.45, 7) is 1.89. The van der Waals surface area contributed by atoms with Crippen molar-refractivity contribution in [1.29, 1.82) is 0 Å². The monoisotopic (exact) mass is 226 g/mol. The molecule has 0 saturated carbocycles. The molecule has 0 heterocycles. The molecule has 0 bridgehead atoms. The van der Waals surface area contributed by atoms with Gasteiger partial charge in [0.15, 0.2) is 0 Å². The summed E-state index contributed by atoms with van der Waals surface area (Å²) in [5.41, 5.74) is 1.09. The SMILES string of the molecule is CC(=Cc1ccccc1)Oc1cccc(O)c1. The van der Waals surface area contributed by atoms with E-state index < -0.39 is 0 Å². The van der Waals surface area contributed by atoms with Crippen LogP contribution >= 0.6 is 0 Å². The van der Waals surface area contributed by atoms with Crippen molar-refractivity contribution in [3.05, 3.63) is 65.9 Å². The molecule has 2 nitrogen and oxygen atoms in total. The van der Waals surface area contributed by atoms with E-state index in [0.29, 0.717) is 5.75 Å². The lowest BCUT2D eigenvalue weighted by molar-refractivity contribution is 0.423. The summed E-state index contributed by atoms with van der Waals surface area (Å²) in [4.78, 5) is 0. The molecule has 2 rings (SSSR count). The lowest BCUT2D eigenvalue weighted by Gasteiger charge is -2.06. The molecule has 0 aliphatic rings. The van der Waals surface area contributed by atoms with E-state index in [1.807, 2.05) is 49.4 Å². The van der Waals surface area contributed by atoms with Crippen LogP contribution < -0.4 is 4.74 Å². The summed E-state index contributed by atoms with van der Waals surface area (Å²) < 4.78 is 5.60. The summed E-state index contributed by atoms with van der Waals surface area (Å²) in [7, 11) is 0. The van der Waals surface area contributed by atoms with Gasteiger partial charge in [-0.05, 0) is 30.7 Å². The lowest BCUT2D eigenvalue weighted by Crippen LogP contribution is -1.90. The molecular weight excluding hydrogens is 212 g/mol. The molecule has 0 saturated heterocycles. The molecule has 0 aliphatic carbocycles. The third kappa shape index (κ3) is 3.38. The molecule has 1 N–H and O–H groups in total. The van der Waals surface area contributed by atoms with Gasteiger partial charge in [0.2, 0.25) is 0 Å². The zero-order valence-corrected chi connectivity index (χ0v) is 9.63. The predicted octanol–water partition coefficient (Wildman–Crippen LogP) is 3.83. The maximum absolute atomic E-state index is 9.32. The first-order chi connectivity index (χ1) is 8.24. The Balaban J connectivity index is 2.12. The van der Waals surface area contributed by atoms with Crippen molar-refractivity contribution in [3.8, 4) is 11.5 Å². The normalized spacial score (nSPS) is 11.2. The Bertz CT molecular complexity index is 515. The Morgan fingerprint density at radius 1 is 1.06 bits per heavy atom. The highest BCUT2D eigenvalue weighted by molar-refractivity contribution is 5.51. The van der Waals surface area contributed by atoms with E-state index in [4.69, 9.17) is 4.74 Å². The molecular formula is C15H14O2. The van der Waals surface area contributed by atoms with E-state index in [9.17, 15) is 5.11 Å². The van der Waals surface area contributed by atoms with Crippen molar-refractivity contribution in [1.82, 2.24) is 0 Å². The number of benzene rings is 2. The molecule has 0 aliphatic heterocycles. The standard InChI is InChI=1S/C15H14O2/c1-12(10-13-6-3-2-4-7-13)17-15-9-5-8-14(16)11-15/h2-11,16H,1H3. The highest BCUT2D eigenvalue weighted by atomic mass is 16.5. The maximum atomic E-state index is 9.32. The molecule has 0 aromatic heterocycles.